The Morgan fingerprint density at radius 1 is 1.57 bits per heavy atom. The summed E-state index contributed by atoms with van der Waals surface area (Å²) in [7, 11) is 0. The molecule has 0 bridgehead atoms. The average Bonchev–Trinajstić information content (AvgIpc) is 2.18. The van der Waals surface area contributed by atoms with Gasteiger partial charge in [0.05, 0.1) is 12.2 Å². The minimum absolute atomic E-state index is 0.289. The van der Waals surface area contributed by atoms with Crippen molar-refractivity contribution in [3.05, 3.63) is 29.3 Å². The van der Waals surface area contributed by atoms with Crippen LogP contribution in [0.4, 0.5) is 0 Å². The molecule has 0 atom stereocenters. The Bertz CT molecular complexity index is 360. The van der Waals surface area contributed by atoms with Crippen molar-refractivity contribution < 1.29 is 14.3 Å². The molecule has 0 radical (unpaired) electrons. The molecule has 1 aromatic rings. The summed E-state index contributed by atoms with van der Waals surface area (Å²) in [5.41, 5.74) is 0.621. The van der Waals surface area contributed by atoms with Crippen molar-refractivity contribution in [2.24, 2.45) is 0 Å². The SMILES string of the molecule is CCOc1ccc(C(=O)Cl)cc1C=O. The molecule has 0 saturated carbocycles. The molecule has 3 nitrogen and oxygen atoms in total. The Morgan fingerprint density at radius 2 is 2.29 bits per heavy atom. The van der Waals surface area contributed by atoms with E-state index in [1.54, 1.807) is 6.07 Å². The summed E-state index contributed by atoms with van der Waals surface area (Å²) >= 11 is 5.27. The van der Waals surface area contributed by atoms with Gasteiger partial charge in [-0.1, -0.05) is 0 Å². The molecule has 0 aliphatic carbocycles. The molecule has 1 rings (SSSR count). The maximum absolute atomic E-state index is 10.8. The molecular formula is C10H9ClO3. The van der Waals surface area contributed by atoms with E-state index in [4.69, 9.17) is 16.3 Å². The molecule has 0 unspecified atom stereocenters. The van der Waals surface area contributed by atoms with Gasteiger partial charge in [-0.05, 0) is 36.7 Å². The number of ether oxygens (including phenoxy) is 1. The topological polar surface area (TPSA) is 43.4 Å². The van der Waals surface area contributed by atoms with Crippen LogP contribution in [-0.4, -0.2) is 18.1 Å². The molecule has 14 heavy (non-hydrogen) atoms. The van der Waals surface area contributed by atoms with Crippen molar-refractivity contribution in [1.29, 1.82) is 0 Å². The second-order valence-electron chi connectivity index (χ2n) is 2.58. The summed E-state index contributed by atoms with van der Waals surface area (Å²) in [5.74, 6) is 0.462. The number of halogens is 1. The fraction of sp³-hybridized carbons (Fsp3) is 0.200. The summed E-state index contributed by atoms with van der Waals surface area (Å²) in [6.07, 6.45) is 0.633. The minimum atomic E-state index is -0.587. The highest BCUT2D eigenvalue weighted by Crippen LogP contribution is 2.19. The molecule has 0 aliphatic rings. The molecule has 0 aliphatic heterocycles. The molecule has 0 saturated heterocycles. The Balaban J connectivity index is 3.11. The smallest absolute Gasteiger partial charge is 0.252 e. The monoisotopic (exact) mass is 212 g/mol. The second kappa shape index (κ2) is 4.77. The normalized spacial score (nSPS) is 9.57. The zero-order chi connectivity index (χ0) is 10.6. The summed E-state index contributed by atoms with van der Waals surface area (Å²) < 4.78 is 5.18. The average molecular weight is 213 g/mol. The van der Waals surface area contributed by atoms with E-state index in [0.717, 1.165) is 0 Å². The van der Waals surface area contributed by atoms with Crippen molar-refractivity contribution in [1.82, 2.24) is 0 Å². The zero-order valence-corrected chi connectivity index (χ0v) is 8.38. The number of aldehydes is 1. The molecule has 0 fully saturated rings. The first-order valence-corrected chi connectivity index (χ1v) is 4.48. The van der Waals surface area contributed by atoms with Gasteiger partial charge in [0.25, 0.3) is 5.24 Å². The third-order valence-electron chi connectivity index (χ3n) is 1.66. The van der Waals surface area contributed by atoms with Crippen molar-refractivity contribution in [2.75, 3.05) is 6.61 Å². The van der Waals surface area contributed by atoms with Gasteiger partial charge >= 0.3 is 0 Å². The van der Waals surface area contributed by atoms with Gasteiger partial charge in [-0.3, -0.25) is 9.59 Å². The van der Waals surface area contributed by atoms with Crippen molar-refractivity contribution in [3.8, 4) is 5.75 Å². The maximum Gasteiger partial charge on any atom is 0.252 e. The van der Waals surface area contributed by atoms with Gasteiger partial charge < -0.3 is 4.74 Å². The van der Waals surface area contributed by atoms with Crippen LogP contribution in [0.3, 0.4) is 0 Å². The lowest BCUT2D eigenvalue weighted by atomic mass is 10.1. The lowest BCUT2D eigenvalue weighted by Crippen LogP contribution is -1.98. The highest BCUT2D eigenvalue weighted by molar-refractivity contribution is 6.67. The number of hydrogen-bond donors (Lipinski definition) is 0. The Morgan fingerprint density at radius 3 is 2.79 bits per heavy atom. The van der Waals surface area contributed by atoms with Crippen LogP contribution in [0.2, 0.25) is 0 Å². The minimum Gasteiger partial charge on any atom is -0.493 e. The van der Waals surface area contributed by atoms with E-state index in [0.29, 0.717) is 24.2 Å². The van der Waals surface area contributed by atoms with Crippen LogP contribution in [0, 0.1) is 0 Å². The van der Waals surface area contributed by atoms with Crippen LogP contribution in [0.25, 0.3) is 0 Å². The molecule has 0 heterocycles. The van der Waals surface area contributed by atoms with E-state index >= 15 is 0 Å². The summed E-state index contributed by atoms with van der Waals surface area (Å²) in [5, 5.41) is -0.587. The van der Waals surface area contributed by atoms with Gasteiger partial charge in [0.2, 0.25) is 0 Å². The van der Waals surface area contributed by atoms with Gasteiger partial charge in [0, 0.05) is 5.56 Å². The molecule has 0 spiro atoms. The first-order chi connectivity index (χ1) is 6.69. The molecule has 4 heteroatoms. The number of carbonyl (C=O) groups is 2. The summed E-state index contributed by atoms with van der Waals surface area (Å²) in [6, 6.07) is 4.49. The van der Waals surface area contributed by atoms with Crippen LogP contribution in [-0.2, 0) is 0 Å². The number of rotatable bonds is 4. The van der Waals surface area contributed by atoms with Gasteiger partial charge in [0.1, 0.15) is 5.75 Å². The first-order valence-electron chi connectivity index (χ1n) is 4.11. The van der Waals surface area contributed by atoms with E-state index in [-0.39, 0.29) is 5.56 Å². The molecule has 1 aromatic carbocycles. The maximum atomic E-state index is 10.8. The third-order valence-corrected chi connectivity index (χ3v) is 1.88. The fourth-order valence-corrected chi connectivity index (χ4v) is 1.17. The number of benzene rings is 1. The van der Waals surface area contributed by atoms with Crippen LogP contribution in [0.15, 0.2) is 18.2 Å². The largest absolute Gasteiger partial charge is 0.493 e. The van der Waals surface area contributed by atoms with Crippen LogP contribution in [0.1, 0.15) is 27.6 Å². The molecule has 0 N–H and O–H groups in total. The van der Waals surface area contributed by atoms with Crippen LogP contribution in [0.5, 0.6) is 5.75 Å². The van der Waals surface area contributed by atoms with E-state index in [2.05, 4.69) is 0 Å². The third kappa shape index (κ3) is 2.33. The fourth-order valence-electron chi connectivity index (χ4n) is 1.05. The second-order valence-corrected chi connectivity index (χ2v) is 2.92. The quantitative estimate of drug-likeness (QED) is 0.568. The summed E-state index contributed by atoms with van der Waals surface area (Å²) in [4.78, 5) is 21.4. The van der Waals surface area contributed by atoms with Crippen molar-refractivity contribution in [2.45, 2.75) is 6.92 Å². The predicted octanol–water partition coefficient (Wildman–Crippen LogP) is 2.28. The van der Waals surface area contributed by atoms with Gasteiger partial charge in [-0.2, -0.15) is 0 Å². The predicted molar refractivity (Wildman–Crippen MR) is 53.2 cm³/mol. The first kappa shape index (κ1) is 10.7. The zero-order valence-electron chi connectivity index (χ0n) is 7.62. The van der Waals surface area contributed by atoms with Crippen molar-refractivity contribution in [3.63, 3.8) is 0 Å². The summed E-state index contributed by atoms with van der Waals surface area (Å²) in [6.45, 7) is 2.28. The standard InChI is InChI=1S/C10H9ClO3/c1-2-14-9-4-3-7(10(11)13)5-8(9)6-12/h3-6H,2H2,1H3. The lowest BCUT2D eigenvalue weighted by molar-refractivity contribution is 0.108. The highest BCUT2D eigenvalue weighted by Gasteiger charge is 2.07. The van der Waals surface area contributed by atoms with Crippen molar-refractivity contribution >= 4 is 23.1 Å². The lowest BCUT2D eigenvalue weighted by Gasteiger charge is -2.05. The number of carbonyl (C=O) groups excluding carboxylic acids is 2. The molecule has 0 aromatic heterocycles. The van der Waals surface area contributed by atoms with E-state index < -0.39 is 5.24 Å². The van der Waals surface area contributed by atoms with Crippen LogP contribution < -0.4 is 4.74 Å². The molecule has 74 valence electrons. The van der Waals surface area contributed by atoms with Gasteiger partial charge in [-0.25, -0.2) is 0 Å². The molecule has 0 amide bonds. The highest BCUT2D eigenvalue weighted by atomic mass is 35.5. The van der Waals surface area contributed by atoms with E-state index in [1.807, 2.05) is 6.92 Å². The van der Waals surface area contributed by atoms with E-state index in [1.165, 1.54) is 12.1 Å². The van der Waals surface area contributed by atoms with Crippen LogP contribution >= 0.6 is 11.6 Å². The molecular weight excluding hydrogens is 204 g/mol. The Labute approximate surface area is 86.6 Å². The Kier molecular flexibility index (Phi) is 3.65. The van der Waals surface area contributed by atoms with Gasteiger partial charge in [-0.15, -0.1) is 0 Å². The van der Waals surface area contributed by atoms with E-state index in [9.17, 15) is 9.59 Å². The number of hydrogen-bond acceptors (Lipinski definition) is 3. The van der Waals surface area contributed by atoms with Gasteiger partial charge in [0.15, 0.2) is 6.29 Å². The Hall–Kier alpha value is -1.35.